The van der Waals surface area contributed by atoms with Crippen molar-refractivity contribution in [1.29, 1.82) is 0 Å². The summed E-state index contributed by atoms with van der Waals surface area (Å²) in [7, 11) is 0. The average Bonchev–Trinajstić information content (AvgIpc) is 2.89. The molecule has 3 amide bonds. The SMILES string of the molecule is CC(C)(C)OC(=O)NCc1ccc(CCCN(CCNC(=O)c2cccc3ccccc23)C(=O)OC(C)(C)C)cc1. The summed E-state index contributed by atoms with van der Waals surface area (Å²) in [6.07, 6.45) is 0.644. The van der Waals surface area contributed by atoms with Crippen molar-refractivity contribution in [3.05, 3.63) is 83.4 Å². The van der Waals surface area contributed by atoms with Crippen molar-refractivity contribution in [2.24, 2.45) is 0 Å². The lowest BCUT2D eigenvalue weighted by Crippen LogP contribution is -2.42. The molecule has 0 aliphatic heterocycles. The zero-order valence-corrected chi connectivity index (χ0v) is 25.1. The van der Waals surface area contributed by atoms with Crippen LogP contribution < -0.4 is 10.6 Å². The molecule has 41 heavy (non-hydrogen) atoms. The molecule has 8 heteroatoms. The van der Waals surface area contributed by atoms with Gasteiger partial charge in [0.1, 0.15) is 11.2 Å². The normalized spacial score (nSPS) is 11.6. The van der Waals surface area contributed by atoms with Crippen LogP contribution in [0.4, 0.5) is 9.59 Å². The van der Waals surface area contributed by atoms with Gasteiger partial charge in [-0.25, -0.2) is 9.59 Å². The molecule has 0 aliphatic carbocycles. The first-order valence-corrected chi connectivity index (χ1v) is 14.1. The first-order valence-electron chi connectivity index (χ1n) is 14.1. The van der Waals surface area contributed by atoms with Crippen LogP contribution in [0.1, 0.15) is 69.4 Å². The fourth-order valence-electron chi connectivity index (χ4n) is 4.23. The number of hydrogen-bond donors (Lipinski definition) is 2. The number of nitrogens with zero attached hydrogens (tertiary/aromatic N) is 1. The van der Waals surface area contributed by atoms with Gasteiger partial charge in [0.25, 0.3) is 5.91 Å². The fourth-order valence-corrected chi connectivity index (χ4v) is 4.23. The lowest BCUT2D eigenvalue weighted by molar-refractivity contribution is 0.0248. The molecule has 0 bridgehead atoms. The van der Waals surface area contributed by atoms with Crippen LogP contribution in [-0.4, -0.2) is 53.8 Å². The number of hydrogen-bond acceptors (Lipinski definition) is 5. The van der Waals surface area contributed by atoms with Crippen molar-refractivity contribution in [3.63, 3.8) is 0 Å². The smallest absolute Gasteiger partial charge is 0.410 e. The van der Waals surface area contributed by atoms with Gasteiger partial charge in [-0.1, -0.05) is 60.7 Å². The number of rotatable bonds is 10. The molecule has 0 unspecified atom stereocenters. The number of ether oxygens (including phenoxy) is 2. The second-order valence-electron chi connectivity index (χ2n) is 12.0. The summed E-state index contributed by atoms with van der Waals surface area (Å²) < 4.78 is 10.9. The summed E-state index contributed by atoms with van der Waals surface area (Å²) in [4.78, 5) is 39.4. The minimum absolute atomic E-state index is 0.174. The van der Waals surface area contributed by atoms with Crippen molar-refractivity contribution < 1.29 is 23.9 Å². The molecule has 0 aromatic heterocycles. The average molecular weight is 562 g/mol. The first kappa shape index (κ1) is 31.5. The number of nitrogens with one attached hydrogen (secondary N) is 2. The monoisotopic (exact) mass is 561 g/mol. The summed E-state index contributed by atoms with van der Waals surface area (Å²) >= 11 is 0. The molecule has 0 atom stereocenters. The van der Waals surface area contributed by atoms with Gasteiger partial charge in [-0.2, -0.15) is 0 Å². The Hall–Kier alpha value is -4.07. The summed E-state index contributed by atoms with van der Waals surface area (Å²) in [5.74, 6) is -0.174. The molecule has 3 aromatic rings. The van der Waals surface area contributed by atoms with Crippen molar-refractivity contribution >= 4 is 28.9 Å². The molecule has 2 N–H and O–H groups in total. The predicted octanol–water partition coefficient (Wildman–Crippen LogP) is 6.46. The fraction of sp³-hybridized carbons (Fsp3) is 0.424. The third-order valence-electron chi connectivity index (χ3n) is 6.11. The number of benzene rings is 3. The van der Waals surface area contributed by atoms with E-state index >= 15 is 0 Å². The van der Waals surface area contributed by atoms with E-state index in [1.54, 1.807) is 4.90 Å². The third-order valence-corrected chi connectivity index (χ3v) is 6.11. The Labute approximate surface area is 243 Å². The molecule has 0 spiro atoms. The van der Waals surface area contributed by atoms with Crippen molar-refractivity contribution in [2.45, 2.75) is 72.1 Å². The van der Waals surface area contributed by atoms with Gasteiger partial charge in [0.05, 0.1) is 0 Å². The summed E-state index contributed by atoms with van der Waals surface area (Å²) in [5.41, 5.74) is 1.54. The standard InChI is InChI=1S/C33H43N3O5/c1-32(2,3)40-30(38)35-23-25-18-16-24(17-19-25)11-10-21-36(31(39)41-33(4,5)6)22-20-34-29(37)28-15-9-13-26-12-7-8-14-27(26)28/h7-9,12-19H,10-11,20-23H2,1-6H3,(H,34,37)(H,35,38). The third kappa shape index (κ3) is 10.8. The van der Waals surface area contributed by atoms with Gasteiger partial charge >= 0.3 is 12.2 Å². The van der Waals surface area contributed by atoms with Crippen LogP contribution in [0, 0.1) is 0 Å². The Morgan fingerprint density at radius 1 is 0.732 bits per heavy atom. The topological polar surface area (TPSA) is 97.0 Å². The van der Waals surface area contributed by atoms with E-state index in [0.29, 0.717) is 31.7 Å². The van der Waals surface area contributed by atoms with Crippen LogP contribution in [0.25, 0.3) is 10.8 Å². The van der Waals surface area contributed by atoms with Gasteiger partial charge < -0.3 is 25.0 Å². The van der Waals surface area contributed by atoms with Crippen LogP contribution in [-0.2, 0) is 22.4 Å². The van der Waals surface area contributed by atoms with Crippen LogP contribution in [0.15, 0.2) is 66.7 Å². The van der Waals surface area contributed by atoms with E-state index in [-0.39, 0.29) is 5.91 Å². The van der Waals surface area contributed by atoms with Gasteiger partial charge in [0, 0.05) is 31.7 Å². The Morgan fingerprint density at radius 2 is 1.37 bits per heavy atom. The zero-order chi connectivity index (χ0) is 30.0. The molecular formula is C33H43N3O5. The molecule has 0 saturated heterocycles. The Balaban J connectivity index is 1.52. The molecule has 0 aliphatic rings. The molecule has 8 nitrogen and oxygen atoms in total. The second kappa shape index (κ2) is 14.0. The molecule has 3 aromatic carbocycles. The summed E-state index contributed by atoms with van der Waals surface area (Å²) in [6, 6.07) is 21.4. The minimum Gasteiger partial charge on any atom is -0.444 e. The van der Waals surface area contributed by atoms with Crippen LogP contribution in [0.3, 0.4) is 0 Å². The lowest BCUT2D eigenvalue weighted by Gasteiger charge is -2.27. The van der Waals surface area contributed by atoms with Gasteiger partial charge in [-0.05, 0) is 82.3 Å². The molecule has 0 fully saturated rings. The van der Waals surface area contributed by atoms with Gasteiger partial charge in [0.15, 0.2) is 0 Å². The highest BCUT2D eigenvalue weighted by Crippen LogP contribution is 2.18. The predicted molar refractivity (Wildman–Crippen MR) is 162 cm³/mol. The second-order valence-corrected chi connectivity index (χ2v) is 12.0. The van der Waals surface area contributed by atoms with E-state index in [0.717, 1.165) is 34.7 Å². The van der Waals surface area contributed by atoms with Gasteiger partial charge in [0.2, 0.25) is 0 Å². The molecule has 0 saturated carbocycles. The van der Waals surface area contributed by atoms with E-state index in [2.05, 4.69) is 10.6 Å². The quantitative estimate of drug-likeness (QED) is 0.296. The van der Waals surface area contributed by atoms with E-state index in [1.165, 1.54) is 0 Å². The number of fused-ring (bicyclic) bond motifs is 1. The number of carbonyl (C=O) groups is 3. The Bertz CT molecular complexity index is 1320. The van der Waals surface area contributed by atoms with Crippen molar-refractivity contribution in [3.8, 4) is 0 Å². The van der Waals surface area contributed by atoms with Gasteiger partial charge in [-0.15, -0.1) is 0 Å². The Kier molecular flexibility index (Phi) is 10.8. The summed E-state index contributed by atoms with van der Waals surface area (Å²) in [5, 5.41) is 7.61. The Morgan fingerprint density at radius 3 is 2.05 bits per heavy atom. The largest absolute Gasteiger partial charge is 0.444 e. The highest BCUT2D eigenvalue weighted by Gasteiger charge is 2.22. The van der Waals surface area contributed by atoms with Crippen LogP contribution in [0.5, 0.6) is 0 Å². The maximum absolute atomic E-state index is 12.9. The highest BCUT2D eigenvalue weighted by molar-refractivity contribution is 6.07. The molecule has 0 radical (unpaired) electrons. The van der Waals surface area contributed by atoms with E-state index in [4.69, 9.17) is 9.47 Å². The minimum atomic E-state index is -0.620. The van der Waals surface area contributed by atoms with Crippen LogP contribution in [0.2, 0.25) is 0 Å². The van der Waals surface area contributed by atoms with E-state index < -0.39 is 23.4 Å². The van der Waals surface area contributed by atoms with Crippen molar-refractivity contribution in [2.75, 3.05) is 19.6 Å². The molecule has 220 valence electrons. The molecule has 0 heterocycles. The van der Waals surface area contributed by atoms with E-state index in [9.17, 15) is 14.4 Å². The zero-order valence-electron chi connectivity index (χ0n) is 25.1. The van der Waals surface area contributed by atoms with Crippen LogP contribution >= 0.6 is 0 Å². The number of aryl methyl sites for hydroxylation is 1. The number of alkyl carbamates (subject to hydrolysis) is 1. The summed E-state index contributed by atoms with van der Waals surface area (Å²) in [6.45, 7) is 12.5. The van der Waals surface area contributed by atoms with E-state index in [1.807, 2.05) is 108 Å². The maximum Gasteiger partial charge on any atom is 0.410 e. The molecular weight excluding hydrogens is 518 g/mol. The highest BCUT2D eigenvalue weighted by atomic mass is 16.6. The van der Waals surface area contributed by atoms with Crippen molar-refractivity contribution in [1.82, 2.24) is 15.5 Å². The lowest BCUT2D eigenvalue weighted by atomic mass is 10.0. The number of amides is 3. The van der Waals surface area contributed by atoms with Gasteiger partial charge in [-0.3, -0.25) is 4.79 Å². The number of carbonyl (C=O) groups excluding carboxylic acids is 3. The molecule has 3 rings (SSSR count). The first-order chi connectivity index (χ1) is 19.3. The maximum atomic E-state index is 12.9.